The number of amides is 3. The molecule has 1 fully saturated rings. The number of hydrazine groups is 1. The first-order chi connectivity index (χ1) is 6.69. The van der Waals surface area contributed by atoms with Crippen LogP contribution in [0, 0.1) is 0 Å². The molecular weight excluding hydrogens is 184 g/mol. The minimum atomic E-state index is -0.284. The highest BCUT2D eigenvalue weighted by atomic mass is 16.2. The van der Waals surface area contributed by atoms with E-state index in [1.54, 1.807) is 9.80 Å². The van der Waals surface area contributed by atoms with Crippen molar-refractivity contribution in [3.05, 3.63) is 0 Å². The van der Waals surface area contributed by atoms with Crippen LogP contribution in [0.25, 0.3) is 0 Å². The first-order valence-electron chi connectivity index (χ1n) is 4.72. The van der Waals surface area contributed by atoms with Crippen molar-refractivity contribution in [2.45, 2.75) is 13.3 Å². The molecule has 1 rings (SSSR count). The van der Waals surface area contributed by atoms with Crippen LogP contribution in [0.4, 0.5) is 4.79 Å². The van der Waals surface area contributed by atoms with E-state index in [2.05, 4.69) is 5.43 Å². The van der Waals surface area contributed by atoms with Crippen molar-refractivity contribution in [2.24, 2.45) is 5.84 Å². The van der Waals surface area contributed by atoms with E-state index in [0.29, 0.717) is 32.6 Å². The Morgan fingerprint density at radius 2 is 1.71 bits per heavy atom. The lowest BCUT2D eigenvalue weighted by Crippen LogP contribution is -2.54. The summed E-state index contributed by atoms with van der Waals surface area (Å²) >= 11 is 0. The second-order valence-electron chi connectivity index (χ2n) is 3.17. The fourth-order valence-corrected chi connectivity index (χ4v) is 1.47. The van der Waals surface area contributed by atoms with Crippen molar-refractivity contribution in [1.82, 2.24) is 15.2 Å². The molecule has 3 amide bonds. The van der Waals surface area contributed by atoms with E-state index in [1.165, 1.54) is 0 Å². The van der Waals surface area contributed by atoms with Crippen molar-refractivity contribution >= 4 is 11.9 Å². The third-order valence-electron chi connectivity index (χ3n) is 2.35. The van der Waals surface area contributed by atoms with Crippen LogP contribution < -0.4 is 11.3 Å². The summed E-state index contributed by atoms with van der Waals surface area (Å²) in [5.74, 6) is 5.14. The third-order valence-corrected chi connectivity index (χ3v) is 2.35. The average Bonchev–Trinajstić information content (AvgIpc) is 2.27. The predicted octanol–water partition coefficient (Wildman–Crippen LogP) is -0.876. The summed E-state index contributed by atoms with van der Waals surface area (Å²) < 4.78 is 0. The smallest absolute Gasteiger partial charge is 0.331 e. The lowest BCUT2D eigenvalue weighted by atomic mass is 10.3. The number of carbonyl (C=O) groups is 2. The number of urea groups is 1. The van der Waals surface area contributed by atoms with Gasteiger partial charge in [-0.05, 0) is 0 Å². The molecule has 1 aliphatic rings. The molecule has 0 aromatic carbocycles. The Kier molecular flexibility index (Phi) is 3.70. The van der Waals surface area contributed by atoms with Crippen LogP contribution in [-0.4, -0.2) is 47.9 Å². The van der Waals surface area contributed by atoms with Crippen LogP contribution in [0.2, 0.25) is 0 Å². The lowest BCUT2D eigenvalue weighted by Gasteiger charge is -2.34. The van der Waals surface area contributed by atoms with Gasteiger partial charge in [0.15, 0.2) is 0 Å². The van der Waals surface area contributed by atoms with E-state index in [9.17, 15) is 9.59 Å². The molecule has 3 N–H and O–H groups in total. The zero-order chi connectivity index (χ0) is 10.6. The molecule has 6 heteroatoms. The number of nitrogens with one attached hydrogen (secondary N) is 1. The van der Waals surface area contributed by atoms with Crippen molar-refractivity contribution in [3.8, 4) is 0 Å². The summed E-state index contributed by atoms with van der Waals surface area (Å²) in [7, 11) is 0. The number of carbonyl (C=O) groups excluding carboxylic acids is 2. The lowest BCUT2D eigenvalue weighted by molar-refractivity contribution is -0.132. The molecule has 80 valence electrons. The van der Waals surface area contributed by atoms with Gasteiger partial charge in [-0.2, -0.15) is 0 Å². The molecule has 0 aromatic rings. The molecule has 0 radical (unpaired) electrons. The van der Waals surface area contributed by atoms with E-state index in [1.807, 2.05) is 6.92 Å². The molecule has 1 heterocycles. The molecule has 0 unspecified atom stereocenters. The van der Waals surface area contributed by atoms with Crippen molar-refractivity contribution in [1.29, 1.82) is 0 Å². The zero-order valence-corrected chi connectivity index (χ0v) is 8.32. The summed E-state index contributed by atoms with van der Waals surface area (Å²) in [5.41, 5.74) is 2.08. The topological polar surface area (TPSA) is 78.7 Å². The summed E-state index contributed by atoms with van der Waals surface area (Å²) in [4.78, 5) is 25.8. The van der Waals surface area contributed by atoms with E-state index >= 15 is 0 Å². The molecule has 6 nitrogen and oxygen atoms in total. The van der Waals surface area contributed by atoms with Crippen LogP contribution >= 0.6 is 0 Å². The highest BCUT2D eigenvalue weighted by Gasteiger charge is 2.22. The molecule has 1 saturated heterocycles. The van der Waals surface area contributed by atoms with Crippen LogP contribution in [0.1, 0.15) is 13.3 Å². The maximum absolute atomic E-state index is 11.3. The standard InChI is InChI=1S/C8H16N4O2/c1-2-7(13)11-3-5-12(6-4-11)8(14)10-9/h2-6,9H2,1H3,(H,10,14). The van der Waals surface area contributed by atoms with E-state index < -0.39 is 0 Å². The zero-order valence-electron chi connectivity index (χ0n) is 8.32. The monoisotopic (exact) mass is 200 g/mol. The van der Waals surface area contributed by atoms with Gasteiger partial charge in [0.05, 0.1) is 0 Å². The van der Waals surface area contributed by atoms with Gasteiger partial charge < -0.3 is 9.80 Å². The summed E-state index contributed by atoms with van der Waals surface area (Å²) in [6.07, 6.45) is 0.517. The Morgan fingerprint density at radius 1 is 1.21 bits per heavy atom. The molecule has 0 spiro atoms. The van der Waals surface area contributed by atoms with Crippen molar-refractivity contribution in [3.63, 3.8) is 0 Å². The van der Waals surface area contributed by atoms with Crippen LogP contribution in [0.15, 0.2) is 0 Å². The number of hydrogen-bond donors (Lipinski definition) is 2. The molecule has 0 atom stereocenters. The van der Waals surface area contributed by atoms with Gasteiger partial charge in [0.1, 0.15) is 0 Å². The largest absolute Gasteiger partial charge is 0.339 e. The molecule has 0 aliphatic carbocycles. The fourth-order valence-electron chi connectivity index (χ4n) is 1.47. The Bertz CT molecular complexity index is 199. The number of hydrogen-bond acceptors (Lipinski definition) is 3. The Labute approximate surface area is 83.0 Å². The van der Waals surface area contributed by atoms with Crippen LogP contribution in [-0.2, 0) is 4.79 Å². The summed E-state index contributed by atoms with van der Waals surface area (Å²) in [5, 5.41) is 0. The molecule has 0 saturated carbocycles. The number of piperazine rings is 1. The van der Waals surface area contributed by atoms with Gasteiger partial charge >= 0.3 is 6.03 Å². The normalized spacial score (nSPS) is 16.7. The molecule has 1 aliphatic heterocycles. The van der Waals surface area contributed by atoms with Gasteiger partial charge in [-0.3, -0.25) is 10.2 Å². The minimum Gasteiger partial charge on any atom is -0.339 e. The van der Waals surface area contributed by atoms with Gasteiger partial charge in [-0.15, -0.1) is 0 Å². The van der Waals surface area contributed by atoms with Crippen LogP contribution in [0.3, 0.4) is 0 Å². The maximum Gasteiger partial charge on any atom is 0.331 e. The number of nitrogens with two attached hydrogens (primary N) is 1. The second kappa shape index (κ2) is 4.80. The average molecular weight is 200 g/mol. The third kappa shape index (κ3) is 2.35. The van der Waals surface area contributed by atoms with Crippen molar-refractivity contribution in [2.75, 3.05) is 26.2 Å². The molecule has 14 heavy (non-hydrogen) atoms. The maximum atomic E-state index is 11.3. The fraction of sp³-hybridized carbons (Fsp3) is 0.750. The van der Waals surface area contributed by atoms with Gasteiger partial charge in [0.25, 0.3) is 0 Å². The van der Waals surface area contributed by atoms with Gasteiger partial charge in [-0.1, -0.05) is 6.92 Å². The van der Waals surface area contributed by atoms with Crippen molar-refractivity contribution < 1.29 is 9.59 Å². The van der Waals surface area contributed by atoms with Crippen LogP contribution in [0.5, 0.6) is 0 Å². The first kappa shape index (κ1) is 10.8. The highest BCUT2D eigenvalue weighted by Crippen LogP contribution is 2.03. The Hall–Kier alpha value is -1.30. The summed E-state index contributed by atoms with van der Waals surface area (Å²) in [6, 6.07) is -0.284. The van der Waals surface area contributed by atoms with E-state index in [4.69, 9.17) is 5.84 Å². The highest BCUT2D eigenvalue weighted by molar-refractivity contribution is 5.77. The summed E-state index contributed by atoms with van der Waals surface area (Å²) in [6.45, 7) is 4.13. The molecule has 0 aromatic heterocycles. The second-order valence-corrected chi connectivity index (χ2v) is 3.17. The van der Waals surface area contributed by atoms with E-state index in [-0.39, 0.29) is 11.9 Å². The van der Waals surface area contributed by atoms with Gasteiger partial charge in [0, 0.05) is 32.6 Å². The Morgan fingerprint density at radius 3 is 2.14 bits per heavy atom. The number of nitrogens with zero attached hydrogens (tertiary/aromatic N) is 2. The number of rotatable bonds is 1. The molecule has 0 bridgehead atoms. The molecular formula is C8H16N4O2. The van der Waals surface area contributed by atoms with Gasteiger partial charge in [0.2, 0.25) is 5.91 Å². The van der Waals surface area contributed by atoms with E-state index in [0.717, 1.165) is 0 Å². The van der Waals surface area contributed by atoms with Gasteiger partial charge in [-0.25, -0.2) is 10.6 Å². The SMILES string of the molecule is CCC(=O)N1CCN(C(=O)NN)CC1. The minimum absolute atomic E-state index is 0.137. The quantitative estimate of drug-likeness (QED) is 0.328. The Balaban J connectivity index is 2.38. The first-order valence-corrected chi connectivity index (χ1v) is 4.72. The predicted molar refractivity (Wildman–Crippen MR) is 51.2 cm³/mol.